The Kier molecular flexibility index (Phi) is 6.68. The first-order valence-electron chi connectivity index (χ1n) is 6.07. The summed E-state index contributed by atoms with van der Waals surface area (Å²) in [6.07, 6.45) is -2.00. The summed E-state index contributed by atoms with van der Waals surface area (Å²) in [5.74, 6) is 0.314. The van der Waals surface area contributed by atoms with Gasteiger partial charge in [-0.3, -0.25) is 5.43 Å². The number of carbonyl (C=O) groups is 1. The van der Waals surface area contributed by atoms with E-state index in [0.29, 0.717) is 25.3 Å². The van der Waals surface area contributed by atoms with Crippen LogP contribution in [0.15, 0.2) is 18.2 Å². The molecule has 1 rings (SSSR count). The van der Waals surface area contributed by atoms with Gasteiger partial charge in [0.1, 0.15) is 5.75 Å². The van der Waals surface area contributed by atoms with Crippen molar-refractivity contribution < 1.29 is 18.3 Å². The number of amides is 2. The molecule has 0 fully saturated rings. The van der Waals surface area contributed by atoms with Gasteiger partial charge in [0.05, 0.1) is 12.3 Å². The summed E-state index contributed by atoms with van der Waals surface area (Å²) >= 11 is 0. The number of hydrogen-bond acceptors (Lipinski definition) is 4. The Labute approximate surface area is 115 Å². The highest BCUT2D eigenvalue weighted by Gasteiger charge is 2.13. The van der Waals surface area contributed by atoms with Crippen molar-refractivity contribution in [1.29, 1.82) is 0 Å². The molecule has 6 nitrogen and oxygen atoms in total. The Morgan fingerprint density at radius 3 is 2.80 bits per heavy atom. The number of ether oxygens (including phenoxy) is 1. The molecule has 1 aromatic carbocycles. The normalized spacial score (nSPS) is 10.4. The van der Waals surface area contributed by atoms with Gasteiger partial charge in [0.15, 0.2) is 0 Å². The van der Waals surface area contributed by atoms with E-state index in [0.717, 1.165) is 0 Å². The average molecular weight is 288 g/mol. The van der Waals surface area contributed by atoms with Crippen molar-refractivity contribution in [3.8, 4) is 5.75 Å². The van der Waals surface area contributed by atoms with Crippen molar-refractivity contribution in [2.75, 3.05) is 25.5 Å². The zero-order chi connectivity index (χ0) is 15.0. The smallest absolute Gasteiger partial charge is 0.333 e. The van der Waals surface area contributed by atoms with Crippen molar-refractivity contribution in [1.82, 2.24) is 10.9 Å². The Hall–Kier alpha value is -1.93. The van der Waals surface area contributed by atoms with E-state index < -0.39 is 12.5 Å². The second-order valence-electron chi connectivity index (χ2n) is 3.88. The van der Waals surface area contributed by atoms with Crippen LogP contribution in [0.4, 0.5) is 19.3 Å². The molecule has 0 bridgehead atoms. The maximum Gasteiger partial charge on any atom is 0.333 e. The number of nitrogens with one attached hydrogen (secondary N) is 3. The predicted octanol–water partition coefficient (Wildman–Crippen LogP) is 1.61. The van der Waals surface area contributed by atoms with Gasteiger partial charge in [-0.05, 0) is 31.2 Å². The Balaban J connectivity index is 2.87. The quantitative estimate of drug-likeness (QED) is 0.453. The van der Waals surface area contributed by atoms with Crippen LogP contribution in [0.1, 0.15) is 18.4 Å². The van der Waals surface area contributed by atoms with Gasteiger partial charge < -0.3 is 15.8 Å². The highest BCUT2D eigenvalue weighted by atomic mass is 19.3. The standard InChI is InChI=1S/C12H18F2N4O2/c1-16-18-12(19)17-9-7-8(11(13)14)3-4-10(9)20-6-2-5-15/h3-4,7,11,16H,2,5-6,15H2,1H3,(H2,17,18,19). The molecule has 0 heterocycles. The molecule has 2 amide bonds. The fourth-order valence-corrected chi connectivity index (χ4v) is 1.44. The molecule has 0 atom stereocenters. The van der Waals surface area contributed by atoms with Crippen molar-refractivity contribution in [2.24, 2.45) is 5.73 Å². The molecule has 0 radical (unpaired) electrons. The van der Waals surface area contributed by atoms with Crippen LogP contribution in [0, 0.1) is 0 Å². The number of rotatable bonds is 7. The molecule has 0 aromatic heterocycles. The molecular weight excluding hydrogens is 270 g/mol. The zero-order valence-electron chi connectivity index (χ0n) is 11.1. The van der Waals surface area contributed by atoms with E-state index in [1.807, 2.05) is 0 Å². The number of hydrogen-bond donors (Lipinski definition) is 4. The van der Waals surface area contributed by atoms with Crippen LogP contribution < -0.4 is 26.6 Å². The molecule has 1 aromatic rings. The first kappa shape index (κ1) is 16.1. The molecule has 0 saturated carbocycles. The lowest BCUT2D eigenvalue weighted by molar-refractivity contribution is 0.151. The summed E-state index contributed by atoms with van der Waals surface area (Å²) in [5.41, 5.74) is 10.0. The van der Waals surface area contributed by atoms with Gasteiger partial charge in [-0.2, -0.15) is 0 Å². The highest BCUT2D eigenvalue weighted by molar-refractivity contribution is 5.90. The lowest BCUT2D eigenvalue weighted by Crippen LogP contribution is -2.37. The van der Waals surface area contributed by atoms with Gasteiger partial charge in [-0.25, -0.2) is 19.0 Å². The molecule has 0 aliphatic heterocycles. The number of anilines is 1. The van der Waals surface area contributed by atoms with Gasteiger partial charge in [0.25, 0.3) is 6.43 Å². The number of hydrazine groups is 1. The maximum atomic E-state index is 12.7. The Morgan fingerprint density at radius 2 is 2.20 bits per heavy atom. The number of benzene rings is 1. The molecule has 0 aliphatic rings. The molecule has 20 heavy (non-hydrogen) atoms. The molecule has 0 saturated heterocycles. The van der Waals surface area contributed by atoms with Crippen LogP contribution in [0.3, 0.4) is 0 Å². The molecule has 8 heteroatoms. The van der Waals surface area contributed by atoms with E-state index in [4.69, 9.17) is 10.5 Å². The van der Waals surface area contributed by atoms with Crippen molar-refractivity contribution in [3.05, 3.63) is 23.8 Å². The van der Waals surface area contributed by atoms with Crippen molar-refractivity contribution >= 4 is 11.7 Å². The number of nitrogens with two attached hydrogens (primary N) is 1. The maximum absolute atomic E-state index is 12.7. The van der Waals surface area contributed by atoms with Gasteiger partial charge in [0.2, 0.25) is 0 Å². The highest BCUT2D eigenvalue weighted by Crippen LogP contribution is 2.30. The largest absolute Gasteiger partial charge is 0.491 e. The van der Waals surface area contributed by atoms with E-state index in [1.165, 1.54) is 25.2 Å². The molecular formula is C12H18F2N4O2. The van der Waals surface area contributed by atoms with Crippen LogP contribution in [-0.2, 0) is 0 Å². The molecule has 0 aliphatic carbocycles. The van der Waals surface area contributed by atoms with Crippen LogP contribution in [0.2, 0.25) is 0 Å². The van der Waals surface area contributed by atoms with Gasteiger partial charge in [-0.1, -0.05) is 0 Å². The van der Waals surface area contributed by atoms with E-state index in [2.05, 4.69) is 16.2 Å². The minimum absolute atomic E-state index is 0.174. The summed E-state index contributed by atoms with van der Waals surface area (Å²) < 4.78 is 30.7. The summed E-state index contributed by atoms with van der Waals surface area (Å²) in [4.78, 5) is 11.4. The summed E-state index contributed by atoms with van der Waals surface area (Å²) in [6, 6.07) is 3.25. The molecule has 112 valence electrons. The molecule has 5 N–H and O–H groups in total. The minimum Gasteiger partial charge on any atom is -0.491 e. The van der Waals surface area contributed by atoms with Gasteiger partial charge >= 0.3 is 6.03 Å². The average Bonchev–Trinajstić information content (AvgIpc) is 2.40. The van der Waals surface area contributed by atoms with Gasteiger partial charge in [-0.15, -0.1) is 0 Å². The second-order valence-corrected chi connectivity index (χ2v) is 3.88. The second kappa shape index (κ2) is 8.28. The van der Waals surface area contributed by atoms with Gasteiger partial charge in [0, 0.05) is 12.6 Å². The number of alkyl halides is 2. The fraction of sp³-hybridized carbons (Fsp3) is 0.417. The van der Waals surface area contributed by atoms with Crippen molar-refractivity contribution in [3.63, 3.8) is 0 Å². The van der Waals surface area contributed by atoms with E-state index >= 15 is 0 Å². The zero-order valence-corrected chi connectivity index (χ0v) is 11.1. The van der Waals surface area contributed by atoms with Crippen LogP contribution in [0.5, 0.6) is 5.75 Å². The number of halogens is 2. The number of carbonyl (C=O) groups excluding carboxylic acids is 1. The first-order valence-corrected chi connectivity index (χ1v) is 6.07. The summed E-state index contributed by atoms with van der Waals surface area (Å²) in [7, 11) is 1.51. The predicted molar refractivity (Wildman–Crippen MR) is 71.8 cm³/mol. The lowest BCUT2D eigenvalue weighted by atomic mass is 10.2. The summed E-state index contributed by atoms with van der Waals surface area (Å²) in [6.45, 7) is 0.797. The molecule has 0 unspecified atom stereocenters. The minimum atomic E-state index is -2.62. The third kappa shape index (κ3) is 4.98. The lowest BCUT2D eigenvalue weighted by Gasteiger charge is -2.14. The van der Waals surface area contributed by atoms with Crippen LogP contribution in [-0.4, -0.2) is 26.2 Å². The fourth-order valence-electron chi connectivity index (χ4n) is 1.44. The van der Waals surface area contributed by atoms with Crippen molar-refractivity contribution in [2.45, 2.75) is 12.8 Å². The molecule has 0 spiro atoms. The SMILES string of the molecule is CNNC(=O)Nc1cc(C(F)F)ccc1OCCCN. The van der Waals surface area contributed by atoms with E-state index in [9.17, 15) is 13.6 Å². The Bertz CT molecular complexity index is 443. The van der Waals surface area contributed by atoms with Crippen LogP contribution >= 0.6 is 0 Å². The first-order chi connectivity index (χ1) is 9.58. The van der Waals surface area contributed by atoms with E-state index in [1.54, 1.807) is 0 Å². The third-order valence-electron chi connectivity index (χ3n) is 2.35. The monoisotopic (exact) mass is 288 g/mol. The Morgan fingerprint density at radius 1 is 1.45 bits per heavy atom. The number of urea groups is 1. The summed E-state index contributed by atoms with van der Waals surface area (Å²) in [5, 5.41) is 2.43. The van der Waals surface area contributed by atoms with E-state index in [-0.39, 0.29) is 11.3 Å². The topological polar surface area (TPSA) is 88.4 Å². The van der Waals surface area contributed by atoms with Crippen LogP contribution in [0.25, 0.3) is 0 Å². The third-order valence-corrected chi connectivity index (χ3v) is 2.35.